The molecule has 0 unspecified atom stereocenters. The van der Waals surface area contributed by atoms with E-state index in [9.17, 15) is 9.59 Å². The van der Waals surface area contributed by atoms with Crippen LogP contribution in [-0.2, 0) is 4.79 Å². The Morgan fingerprint density at radius 3 is 2.70 bits per heavy atom. The monoisotopic (exact) mass is 358 g/mol. The Balaban J connectivity index is 1.50. The van der Waals surface area contributed by atoms with E-state index in [4.69, 9.17) is 0 Å². The largest absolute Gasteiger partial charge is 0.320 e. The Kier molecular flexibility index (Phi) is 4.40. The lowest BCUT2D eigenvalue weighted by molar-refractivity contribution is -0.112. The van der Waals surface area contributed by atoms with Gasteiger partial charge in [0.15, 0.2) is 17.7 Å². The minimum absolute atomic E-state index is 0.0287. The first-order valence-electron chi connectivity index (χ1n) is 8.59. The van der Waals surface area contributed by atoms with Gasteiger partial charge in [-0.1, -0.05) is 35.2 Å². The molecule has 4 rings (SSSR count). The van der Waals surface area contributed by atoms with Crippen LogP contribution in [0.2, 0.25) is 0 Å². The van der Waals surface area contributed by atoms with E-state index in [2.05, 4.69) is 10.3 Å². The third-order valence-electron chi connectivity index (χ3n) is 4.36. The van der Waals surface area contributed by atoms with Crippen molar-refractivity contribution in [2.75, 3.05) is 16.9 Å². The van der Waals surface area contributed by atoms with Crippen LogP contribution in [-0.4, -0.2) is 24.2 Å². The van der Waals surface area contributed by atoms with E-state index in [1.807, 2.05) is 70.6 Å². The normalized spacial score (nSPS) is 15.8. The number of nitrogens with zero attached hydrogens (tertiary/aromatic N) is 3. The summed E-state index contributed by atoms with van der Waals surface area (Å²) >= 11 is 0. The van der Waals surface area contributed by atoms with Crippen LogP contribution >= 0.6 is 0 Å². The zero-order chi connectivity index (χ0) is 18.8. The second-order valence-corrected chi connectivity index (χ2v) is 6.31. The molecule has 0 atom stereocenters. The number of benzene rings is 2. The standard InChI is InChI=1S/C21H18N4O2/c1-15(26)16-6-5-9-18(12-16)24-11-10-20-23-19(13-25(20)14-24)21(27)22-17-7-3-2-4-8-17/h2-13H,14H2,1H3,(H,22,27)/q+1. The van der Waals surface area contributed by atoms with E-state index >= 15 is 0 Å². The van der Waals surface area contributed by atoms with E-state index in [1.165, 1.54) is 0 Å². The summed E-state index contributed by atoms with van der Waals surface area (Å²) in [7, 11) is 0. The van der Waals surface area contributed by atoms with E-state index in [0.29, 0.717) is 23.8 Å². The molecule has 2 aromatic carbocycles. The number of para-hydroxylation sites is 1. The van der Waals surface area contributed by atoms with Gasteiger partial charge in [0, 0.05) is 29.2 Å². The average Bonchev–Trinajstić information content (AvgIpc) is 3.12. The number of carbonyl (C=O) groups is 2. The lowest BCUT2D eigenvalue weighted by Crippen LogP contribution is -2.41. The highest BCUT2D eigenvalue weighted by molar-refractivity contribution is 6.10. The molecule has 1 N–H and O–H groups in total. The number of nitrogens with one attached hydrogen (secondary N) is 1. The number of Topliss-reactive ketones (excluding diaryl/α,β-unsaturated/α-hetero) is 1. The van der Waals surface area contributed by atoms with Crippen molar-refractivity contribution in [3.8, 4) is 0 Å². The van der Waals surface area contributed by atoms with Crippen LogP contribution in [0, 0.1) is 0 Å². The van der Waals surface area contributed by atoms with Gasteiger partial charge in [-0.3, -0.25) is 14.5 Å². The fourth-order valence-corrected chi connectivity index (χ4v) is 2.94. The highest BCUT2D eigenvalue weighted by Gasteiger charge is 2.35. The Hall–Kier alpha value is -3.51. The van der Waals surface area contributed by atoms with Gasteiger partial charge in [0.1, 0.15) is 0 Å². The van der Waals surface area contributed by atoms with Crippen molar-refractivity contribution in [3.05, 3.63) is 84.3 Å². The lowest BCUT2D eigenvalue weighted by Gasteiger charge is -2.22. The van der Waals surface area contributed by atoms with Crippen molar-refractivity contribution < 1.29 is 9.59 Å². The quantitative estimate of drug-likeness (QED) is 0.674. The summed E-state index contributed by atoms with van der Waals surface area (Å²) in [6, 6.07) is 16.8. The van der Waals surface area contributed by atoms with Crippen molar-refractivity contribution in [2.45, 2.75) is 6.92 Å². The van der Waals surface area contributed by atoms with E-state index in [1.54, 1.807) is 19.2 Å². The minimum atomic E-state index is -0.248. The van der Waals surface area contributed by atoms with E-state index in [-0.39, 0.29) is 11.7 Å². The molecule has 6 heteroatoms. The van der Waals surface area contributed by atoms with Crippen molar-refractivity contribution in [1.29, 1.82) is 0 Å². The second kappa shape index (κ2) is 7.01. The first-order valence-corrected chi connectivity index (χ1v) is 8.59. The number of hydrogen-bond donors (Lipinski definition) is 1. The average molecular weight is 358 g/mol. The van der Waals surface area contributed by atoms with Crippen LogP contribution in [0.3, 0.4) is 0 Å². The van der Waals surface area contributed by atoms with Crippen molar-refractivity contribution in [1.82, 2.24) is 4.90 Å². The number of anilines is 2. The van der Waals surface area contributed by atoms with Crippen LogP contribution in [0.4, 0.5) is 11.4 Å². The maximum Gasteiger partial charge on any atom is 0.285 e. The molecule has 2 aliphatic rings. The summed E-state index contributed by atoms with van der Waals surface area (Å²) in [5.41, 5.74) is 2.67. The minimum Gasteiger partial charge on any atom is -0.320 e. The third-order valence-corrected chi connectivity index (χ3v) is 4.36. The van der Waals surface area contributed by atoms with Crippen molar-refractivity contribution in [3.63, 3.8) is 0 Å². The number of fused-ring (bicyclic) bond motifs is 1. The number of rotatable bonds is 4. The summed E-state index contributed by atoms with van der Waals surface area (Å²) in [5, 5.41) is 2.84. The molecule has 0 aliphatic carbocycles. The molecule has 1 amide bonds. The van der Waals surface area contributed by atoms with Gasteiger partial charge in [-0.25, -0.2) is 0 Å². The number of aliphatic imine (C=N–C) groups is 1. The lowest BCUT2D eigenvalue weighted by atomic mass is 10.1. The summed E-state index contributed by atoms with van der Waals surface area (Å²) in [5.74, 6) is 0.495. The number of amides is 1. The molecular formula is C21H18N4O2+. The maximum absolute atomic E-state index is 12.4. The molecule has 2 aromatic rings. The van der Waals surface area contributed by atoms with Crippen LogP contribution in [0.15, 0.2) is 83.8 Å². The molecule has 2 aliphatic heterocycles. The fourth-order valence-electron chi connectivity index (χ4n) is 2.94. The Bertz CT molecular complexity index is 992. The highest BCUT2D eigenvalue weighted by Crippen LogP contribution is 2.23. The van der Waals surface area contributed by atoms with Crippen molar-refractivity contribution in [2.24, 2.45) is 4.99 Å². The van der Waals surface area contributed by atoms with Crippen LogP contribution in [0.1, 0.15) is 17.3 Å². The molecule has 1 radical (unpaired) electrons. The van der Waals surface area contributed by atoms with Gasteiger partial charge in [-0.15, -0.1) is 0 Å². The molecule has 0 spiro atoms. The van der Waals surface area contributed by atoms with Gasteiger partial charge < -0.3 is 5.32 Å². The Morgan fingerprint density at radius 2 is 1.93 bits per heavy atom. The van der Waals surface area contributed by atoms with Gasteiger partial charge >= 0.3 is 0 Å². The summed E-state index contributed by atoms with van der Waals surface area (Å²) in [6.45, 7) is 2.07. The van der Waals surface area contributed by atoms with Crippen LogP contribution in [0.5, 0.6) is 0 Å². The fraction of sp³-hybridized carbons (Fsp3) is 0.0952. The predicted molar refractivity (Wildman–Crippen MR) is 106 cm³/mol. The van der Waals surface area contributed by atoms with Gasteiger partial charge in [0.25, 0.3) is 11.7 Å². The summed E-state index contributed by atoms with van der Waals surface area (Å²) < 4.78 is 0. The highest BCUT2D eigenvalue weighted by atomic mass is 16.2. The summed E-state index contributed by atoms with van der Waals surface area (Å²) in [4.78, 5) is 32.4. The molecule has 0 aromatic heterocycles. The maximum atomic E-state index is 12.4. The molecule has 0 fully saturated rings. The molecule has 0 saturated carbocycles. The second-order valence-electron chi connectivity index (χ2n) is 6.31. The molecule has 133 valence electrons. The smallest absolute Gasteiger partial charge is 0.285 e. The third kappa shape index (κ3) is 3.56. The predicted octanol–water partition coefficient (Wildman–Crippen LogP) is 3.21. The SMILES string of the molecule is CC(=O)c1cccc(N2C=CC3=NC(C(=O)Nc4ccccc4)=C[N+]3C2)c1. The summed E-state index contributed by atoms with van der Waals surface area (Å²) in [6.07, 6.45) is 5.49. The Morgan fingerprint density at radius 1 is 1.11 bits per heavy atom. The van der Waals surface area contributed by atoms with Gasteiger partial charge in [0.2, 0.25) is 6.67 Å². The van der Waals surface area contributed by atoms with Gasteiger partial charge in [-0.05, 0) is 31.2 Å². The Labute approximate surface area is 157 Å². The van der Waals surface area contributed by atoms with E-state index < -0.39 is 0 Å². The van der Waals surface area contributed by atoms with Crippen LogP contribution < -0.4 is 15.1 Å². The topological polar surface area (TPSA) is 67.7 Å². The number of amidine groups is 1. The number of hydrogen-bond acceptors (Lipinski definition) is 5. The zero-order valence-corrected chi connectivity index (χ0v) is 14.8. The van der Waals surface area contributed by atoms with Crippen molar-refractivity contribution >= 4 is 28.9 Å². The molecule has 0 saturated heterocycles. The number of carbonyl (C=O) groups excluding carboxylic acids is 2. The molecule has 27 heavy (non-hydrogen) atoms. The first-order chi connectivity index (χ1) is 13.1. The van der Waals surface area contributed by atoms with E-state index in [0.717, 1.165) is 11.4 Å². The van der Waals surface area contributed by atoms with Gasteiger partial charge in [-0.2, -0.15) is 4.99 Å². The number of ketones is 1. The molecule has 6 nitrogen and oxygen atoms in total. The molecule has 0 bridgehead atoms. The zero-order valence-electron chi connectivity index (χ0n) is 14.8. The first kappa shape index (κ1) is 16.9. The van der Waals surface area contributed by atoms with Crippen LogP contribution in [0.25, 0.3) is 0 Å². The molecule has 2 heterocycles. The molecular weight excluding hydrogens is 340 g/mol. The van der Waals surface area contributed by atoms with Gasteiger partial charge in [0.05, 0.1) is 0 Å².